The number of nitrogens with one attached hydrogen (secondary N) is 1. The number of hydrogen-bond donors (Lipinski definition) is 1. The van der Waals surface area contributed by atoms with E-state index in [9.17, 15) is 4.79 Å². The average Bonchev–Trinajstić information content (AvgIpc) is 3.37. The molecule has 2 aliphatic heterocycles. The number of rotatable bonds is 5. The summed E-state index contributed by atoms with van der Waals surface area (Å²) >= 11 is 1.49. The first-order chi connectivity index (χ1) is 16.7. The molecule has 2 saturated heterocycles. The zero-order chi connectivity index (χ0) is 23.3. The largest absolute Gasteiger partial charge is 0.497 e. The Labute approximate surface area is 206 Å². The van der Waals surface area contributed by atoms with Crippen molar-refractivity contribution < 1.29 is 14.3 Å². The number of carbonyl (C=O) groups excluding carboxylic acids is 1. The number of methoxy groups -OCH3 is 1. The summed E-state index contributed by atoms with van der Waals surface area (Å²) in [7, 11) is 1.70. The highest BCUT2D eigenvalue weighted by Crippen LogP contribution is 2.40. The lowest BCUT2D eigenvalue weighted by Gasteiger charge is -2.40. The van der Waals surface area contributed by atoms with Crippen molar-refractivity contribution in [1.29, 1.82) is 0 Å². The van der Waals surface area contributed by atoms with Gasteiger partial charge in [-0.1, -0.05) is 25.3 Å². The SMILES string of the molecule is COc1ccc(C2CCCCC2)c(-c2csc(NC(=O)N3CCN(C4CCOCC4)CC3)n2)c1. The lowest BCUT2D eigenvalue weighted by atomic mass is 9.81. The summed E-state index contributed by atoms with van der Waals surface area (Å²) in [4.78, 5) is 22.2. The van der Waals surface area contributed by atoms with Crippen molar-refractivity contribution in [3.8, 4) is 17.0 Å². The van der Waals surface area contributed by atoms with Crippen LogP contribution in [-0.2, 0) is 4.74 Å². The lowest BCUT2D eigenvalue weighted by molar-refractivity contribution is 0.0194. The number of amides is 2. The Hall–Kier alpha value is -2.16. The van der Waals surface area contributed by atoms with Crippen molar-refractivity contribution in [2.45, 2.75) is 56.9 Å². The van der Waals surface area contributed by atoms with Gasteiger partial charge in [0.05, 0.1) is 12.8 Å². The number of piperazine rings is 1. The van der Waals surface area contributed by atoms with Gasteiger partial charge in [0, 0.05) is 56.4 Å². The molecule has 0 spiro atoms. The maximum atomic E-state index is 12.9. The van der Waals surface area contributed by atoms with Gasteiger partial charge in [0.15, 0.2) is 5.13 Å². The van der Waals surface area contributed by atoms with Crippen LogP contribution >= 0.6 is 11.3 Å². The number of aromatic nitrogens is 1. The second-order valence-corrected chi connectivity index (χ2v) is 10.5. The molecule has 184 valence electrons. The van der Waals surface area contributed by atoms with Crippen LogP contribution in [-0.4, -0.2) is 73.4 Å². The quantitative estimate of drug-likeness (QED) is 0.632. The Morgan fingerprint density at radius 1 is 1.09 bits per heavy atom. The lowest BCUT2D eigenvalue weighted by Crippen LogP contribution is -2.53. The van der Waals surface area contributed by atoms with Gasteiger partial charge >= 0.3 is 6.03 Å². The summed E-state index contributed by atoms with van der Waals surface area (Å²) in [6, 6.07) is 6.91. The third kappa shape index (κ3) is 5.39. The fourth-order valence-electron chi connectivity index (χ4n) is 5.62. The van der Waals surface area contributed by atoms with Crippen LogP contribution in [0.2, 0.25) is 0 Å². The third-order valence-corrected chi connectivity index (χ3v) is 8.37. The fraction of sp³-hybridized carbons (Fsp3) is 0.615. The van der Waals surface area contributed by atoms with Gasteiger partial charge in [0.2, 0.25) is 0 Å². The highest BCUT2D eigenvalue weighted by molar-refractivity contribution is 7.14. The second kappa shape index (κ2) is 11.1. The Morgan fingerprint density at radius 2 is 1.85 bits per heavy atom. The van der Waals surface area contributed by atoms with Crippen LogP contribution in [0.3, 0.4) is 0 Å². The highest BCUT2D eigenvalue weighted by Gasteiger charge is 2.28. The molecule has 1 saturated carbocycles. The zero-order valence-corrected chi connectivity index (χ0v) is 20.9. The molecule has 2 amide bonds. The van der Waals surface area contributed by atoms with Crippen molar-refractivity contribution in [2.75, 3.05) is 51.8 Å². The molecular formula is C26H36N4O3S. The number of hydrogen-bond acceptors (Lipinski definition) is 6. The van der Waals surface area contributed by atoms with Crippen molar-refractivity contribution in [2.24, 2.45) is 0 Å². The highest BCUT2D eigenvalue weighted by atomic mass is 32.1. The minimum Gasteiger partial charge on any atom is -0.497 e. The van der Waals surface area contributed by atoms with Crippen LogP contribution in [0, 0.1) is 0 Å². The maximum absolute atomic E-state index is 12.9. The predicted octanol–water partition coefficient (Wildman–Crippen LogP) is 5.19. The summed E-state index contributed by atoms with van der Waals surface area (Å²) < 4.78 is 11.0. The van der Waals surface area contributed by atoms with Crippen LogP contribution in [0.25, 0.3) is 11.3 Å². The molecule has 5 rings (SSSR count). The fourth-order valence-corrected chi connectivity index (χ4v) is 6.32. The van der Waals surface area contributed by atoms with Gasteiger partial charge in [-0.25, -0.2) is 9.78 Å². The van der Waals surface area contributed by atoms with E-state index in [1.807, 2.05) is 4.90 Å². The Kier molecular flexibility index (Phi) is 7.67. The molecule has 1 N–H and O–H groups in total. The van der Waals surface area contributed by atoms with E-state index in [0.29, 0.717) is 17.1 Å². The molecule has 34 heavy (non-hydrogen) atoms. The van der Waals surface area contributed by atoms with E-state index in [0.717, 1.165) is 69.2 Å². The molecule has 0 bridgehead atoms. The molecule has 1 aromatic heterocycles. The average molecular weight is 485 g/mol. The Bertz CT molecular complexity index is 961. The number of benzene rings is 1. The van der Waals surface area contributed by atoms with Crippen molar-refractivity contribution >= 4 is 22.5 Å². The van der Waals surface area contributed by atoms with Crippen molar-refractivity contribution in [3.63, 3.8) is 0 Å². The molecule has 3 heterocycles. The smallest absolute Gasteiger partial charge is 0.323 e. The predicted molar refractivity (Wildman–Crippen MR) is 136 cm³/mol. The summed E-state index contributed by atoms with van der Waals surface area (Å²) in [6.45, 7) is 5.07. The summed E-state index contributed by atoms with van der Waals surface area (Å²) in [6.07, 6.45) is 8.56. The van der Waals surface area contributed by atoms with E-state index in [1.54, 1.807) is 7.11 Å². The molecule has 0 unspecified atom stereocenters. The molecular weight excluding hydrogens is 448 g/mol. The number of anilines is 1. The van der Waals surface area contributed by atoms with Gasteiger partial charge in [-0.05, 0) is 49.3 Å². The van der Waals surface area contributed by atoms with E-state index in [2.05, 4.69) is 33.8 Å². The first kappa shape index (κ1) is 23.6. The maximum Gasteiger partial charge on any atom is 0.323 e. The third-order valence-electron chi connectivity index (χ3n) is 7.61. The molecule has 3 fully saturated rings. The molecule has 0 radical (unpaired) electrons. The molecule has 1 aliphatic carbocycles. The van der Waals surface area contributed by atoms with Crippen LogP contribution in [0.1, 0.15) is 56.4 Å². The summed E-state index contributed by atoms with van der Waals surface area (Å²) in [5.41, 5.74) is 3.41. The number of ether oxygens (including phenoxy) is 2. The molecule has 3 aliphatic rings. The number of urea groups is 1. The topological polar surface area (TPSA) is 66.9 Å². The molecule has 2 aromatic rings. The minimum atomic E-state index is -0.0503. The Balaban J connectivity index is 1.23. The first-order valence-electron chi connectivity index (χ1n) is 12.7. The first-order valence-corrected chi connectivity index (χ1v) is 13.6. The van der Waals surface area contributed by atoms with Gasteiger partial charge < -0.3 is 14.4 Å². The standard InChI is InChI=1S/C26H36N4O3S/c1-32-21-7-8-22(19-5-3-2-4-6-19)23(17-21)24-18-34-25(27-24)28-26(31)30-13-11-29(12-14-30)20-9-15-33-16-10-20/h7-8,17-20H,2-6,9-16H2,1H3,(H,27,28,31). The van der Waals surface area contributed by atoms with E-state index in [4.69, 9.17) is 14.5 Å². The van der Waals surface area contributed by atoms with E-state index in [-0.39, 0.29) is 6.03 Å². The van der Waals surface area contributed by atoms with Gasteiger partial charge in [0.1, 0.15) is 5.75 Å². The molecule has 8 heteroatoms. The monoisotopic (exact) mass is 484 g/mol. The van der Waals surface area contributed by atoms with Gasteiger partial charge in [-0.15, -0.1) is 11.3 Å². The minimum absolute atomic E-state index is 0.0503. The number of nitrogens with zero attached hydrogens (tertiary/aromatic N) is 3. The molecule has 7 nitrogen and oxygen atoms in total. The van der Waals surface area contributed by atoms with Crippen molar-refractivity contribution in [3.05, 3.63) is 29.1 Å². The number of thiazole rings is 1. The van der Waals surface area contributed by atoms with Crippen LogP contribution in [0.4, 0.5) is 9.93 Å². The number of carbonyl (C=O) groups is 1. The van der Waals surface area contributed by atoms with Gasteiger partial charge in [-0.3, -0.25) is 10.2 Å². The van der Waals surface area contributed by atoms with E-state index < -0.39 is 0 Å². The zero-order valence-electron chi connectivity index (χ0n) is 20.1. The molecule has 1 aromatic carbocycles. The van der Waals surface area contributed by atoms with Crippen molar-refractivity contribution in [1.82, 2.24) is 14.8 Å². The van der Waals surface area contributed by atoms with Crippen LogP contribution < -0.4 is 10.1 Å². The van der Waals surface area contributed by atoms with Crippen LogP contribution in [0.5, 0.6) is 5.75 Å². The summed E-state index contributed by atoms with van der Waals surface area (Å²) in [5.74, 6) is 1.41. The van der Waals surface area contributed by atoms with Gasteiger partial charge in [-0.2, -0.15) is 0 Å². The molecule has 0 atom stereocenters. The van der Waals surface area contributed by atoms with Crippen LogP contribution in [0.15, 0.2) is 23.6 Å². The van der Waals surface area contributed by atoms with E-state index in [1.165, 1.54) is 49.0 Å². The Morgan fingerprint density at radius 3 is 2.59 bits per heavy atom. The van der Waals surface area contributed by atoms with E-state index >= 15 is 0 Å². The summed E-state index contributed by atoms with van der Waals surface area (Å²) in [5, 5.41) is 5.76. The van der Waals surface area contributed by atoms with Gasteiger partial charge in [0.25, 0.3) is 0 Å². The normalized spacial score (nSPS) is 20.9. The second-order valence-electron chi connectivity index (χ2n) is 9.62.